The first-order valence-electron chi connectivity index (χ1n) is 6.86. The first kappa shape index (κ1) is 15.6. The fourth-order valence-electron chi connectivity index (χ4n) is 2.31. The highest BCUT2D eigenvalue weighted by Gasteiger charge is 2.12. The standard InChI is InChI=1S/C17H19BrN2O/c1-11-8-9-14(12(2)10-11)13(3)19-17(21)20-16-7-5-4-6-15(16)18/h4-10,13H,1-3H3,(H2,19,20,21)/t13-/m1/s1. The number of anilines is 1. The van der Waals surface area contributed by atoms with Crippen LogP contribution in [0.4, 0.5) is 10.5 Å². The third-order valence-electron chi connectivity index (χ3n) is 3.36. The van der Waals surface area contributed by atoms with Gasteiger partial charge in [0.2, 0.25) is 0 Å². The van der Waals surface area contributed by atoms with Gasteiger partial charge in [0, 0.05) is 4.47 Å². The summed E-state index contributed by atoms with van der Waals surface area (Å²) in [7, 11) is 0. The molecule has 4 heteroatoms. The number of carbonyl (C=O) groups excluding carboxylic acids is 1. The number of benzene rings is 2. The zero-order valence-electron chi connectivity index (χ0n) is 12.4. The van der Waals surface area contributed by atoms with Crippen LogP contribution in [-0.4, -0.2) is 6.03 Å². The van der Waals surface area contributed by atoms with Gasteiger partial charge in [0.25, 0.3) is 0 Å². The van der Waals surface area contributed by atoms with Crippen molar-refractivity contribution in [1.29, 1.82) is 0 Å². The van der Waals surface area contributed by atoms with E-state index in [1.54, 1.807) is 0 Å². The number of hydrogen-bond acceptors (Lipinski definition) is 1. The molecule has 0 radical (unpaired) electrons. The van der Waals surface area contributed by atoms with Crippen LogP contribution in [0, 0.1) is 13.8 Å². The van der Waals surface area contributed by atoms with Crippen molar-refractivity contribution in [1.82, 2.24) is 5.32 Å². The van der Waals surface area contributed by atoms with Crippen LogP contribution in [0.1, 0.15) is 29.7 Å². The number of aryl methyl sites for hydroxylation is 2. The lowest BCUT2D eigenvalue weighted by molar-refractivity contribution is 0.249. The van der Waals surface area contributed by atoms with Gasteiger partial charge in [-0.15, -0.1) is 0 Å². The molecule has 0 aliphatic heterocycles. The molecule has 2 aromatic rings. The third kappa shape index (κ3) is 4.08. The van der Waals surface area contributed by atoms with E-state index in [1.165, 1.54) is 11.1 Å². The van der Waals surface area contributed by atoms with Gasteiger partial charge in [0.05, 0.1) is 11.7 Å². The number of nitrogens with one attached hydrogen (secondary N) is 2. The zero-order chi connectivity index (χ0) is 15.4. The second kappa shape index (κ2) is 6.76. The van der Waals surface area contributed by atoms with Crippen molar-refractivity contribution in [2.75, 3.05) is 5.32 Å². The van der Waals surface area contributed by atoms with Crippen LogP contribution >= 0.6 is 15.9 Å². The summed E-state index contributed by atoms with van der Waals surface area (Å²) in [6.07, 6.45) is 0. The summed E-state index contributed by atoms with van der Waals surface area (Å²) in [5.41, 5.74) is 4.29. The minimum Gasteiger partial charge on any atom is -0.331 e. The molecule has 2 aromatic carbocycles. The van der Waals surface area contributed by atoms with Gasteiger partial charge in [-0.2, -0.15) is 0 Å². The second-order valence-electron chi connectivity index (χ2n) is 5.16. The highest BCUT2D eigenvalue weighted by molar-refractivity contribution is 9.10. The van der Waals surface area contributed by atoms with E-state index in [0.717, 1.165) is 15.7 Å². The predicted molar refractivity (Wildman–Crippen MR) is 90.6 cm³/mol. The summed E-state index contributed by atoms with van der Waals surface area (Å²) >= 11 is 3.41. The quantitative estimate of drug-likeness (QED) is 0.811. The minimum atomic E-state index is -0.214. The Morgan fingerprint density at radius 1 is 1.14 bits per heavy atom. The van der Waals surface area contributed by atoms with Crippen LogP contribution < -0.4 is 10.6 Å². The SMILES string of the molecule is Cc1ccc([C@@H](C)NC(=O)Nc2ccccc2Br)c(C)c1. The van der Waals surface area contributed by atoms with E-state index in [0.29, 0.717) is 0 Å². The topological polar surface area (TPSA) is 41.1 Å². The summed E-state index contributed by atoms with van der Waals surface area (Å²) in [5.74, 6) is 0. The Labute approximate surface area is 133 Å². The molecule has 2 rings (SSSR count). The monoisotopic (exact) mass is 346 g/mol. The minimum absolute atomic E-state index is 0.0481. The summed E-state index contributed by atoms with van der Waals surface area (Å²) in [5, 5.41) is 5.81. The molecule has 2 amide bonds. The molecule has 0 heterocycles. The fraction of sp³-hybridized carbons (Fsp3) is 0.235. The predicted octanol–water partition coefficient (Wildman–Crippen LogP) is 4.95. The van der Waals surface area contributed by atoms with Gasteiger partial charge in [-0.05, 0) is 60.0 Å². The number of rotatable bonds is 3. The first-order valence-corrected chi connectivity index (χ1v) is 7.66. The van der Waals surface area contributed by atoms with Crippen molar-refractivity contribution in [3.63, 3.8) is 0 Å². The molecule has 21 heavy (non-hydrogen) atoms. The fourth-order valence-corrected chi connectivity index (χ4v) is 2.69. The van der Waals surface area contributed by atoms with Crippen LogP contribution in [0.15, 0.2) is 46.9 Å². The van der Waals surface area contributed by atoms with Gasteiger partial charge in [0.1, 0.15) is 0 Å². The second-order valence-corrected chi connectivity index (χ2v) is 6.01. The largest absolute Gasteiger partial charge is 0.331 e. The number of amides is 2. The van der Waals surface area contributed by atoms with E-state index in [2.05, 4.69) is 58.6 Å². The summed E-state index contributed by atoms with van der Waals surface area (Å²) in [6.45, 7) is 6.11. The summed E-state index contributed by atoms with van der Waals surface area (Å²) in [6, 6.07) is 13.5. The average molecular weight is 347 g/mol. The number of urea groups is 1. The smallest absolute Gasteiger partial charge is 0.319 e. The van der Waals surface area contributed by atoms with Gasteiger partial charge in [-0.3, -0.25) is 0 Å². The lowest BCUT2D eigenvalue weighted by Crippen LogP contribution is -2.31. The molecule has 0 bridgehead atoms. The van der Waals surface area contributed by atoms with Crippen LogP contribution in [0.3, 0.4) is 0 Å². The average Bonchev–Trinajstić information content (AvgIpc) is 2.41. The van der Waals surface area contributed by atoms with Crippen molar-refractivity contribution in [3.05, 3.63) is 63.6 Å². The summed E-state index contributed by atoms with van der Waals surface area (Å²) < 4.78 is 0.860. The molecule has 0 aliphatic rings. The lowest BCUT2D eigenvalue weighted by atomic mass is 10.0. The molecular formula is C17H19BrN2O. The Hall–Kier alpha value is -1.81. The van der Waals surface area contributed by atoms with Crippen molar-refractivity contribution >= 4 is 27.6 Å². The molecular weight excluding hydrogens is 328 g/mol. The van der Waals surface area contributed by atoms with Crippen molar-refractivity contribution in [2.45, 2.75) is 26.8 Å². The van der Waals surface area contributed by atoms with E-state index in [-0.39, 0.29) is 12.1 Å². The molecule has 3 nitrogen and oxygen atoms in total. The number of carbonyl (C=O) groups is 1. The maximum Gasteiger partial charge on any atom is 0.319 e. The molecule has 110 valence electrons. The maximum absolute atomic E-state index is 12.1. The zero-order valence-corrected chi connectivity index (χ0v) is 14.0. The Balaban J connectivity index is 2.04. The van der Waals surface area contributed by atoms with Crippen LogP contribution in [0.5, 0.6) is 0 Å². The number of hydrogen-bond donors (Lipinski definition) is 2. The highest BCUT2D eigenvalue weighted by atomic mass is 79.9. The Morgan fingerprint density at radius 2 is 1.86 bits per heavy atom. The van der Waals surface area contributed by atoms with Crippen LogP contribution in [-0.2, 0) is 0 Å². The van der Waals surface area contributed by atoms with Crippen LogP contribution in [0.2, 0.25) is 0 Å². The third-order valence-corrected chi connectivity index (χ3v) is 4.05. The normalized spacial score (nSPS) is 11.8. The molecule has 0 spiro atoms. The van der Waals surface area contributed by atoms with Gasteiger partial charge < -0.3 is 10.6 Å². The Bertz CT molecular complexity index is 655. The number of para-hydroxylation sites is 1. The van der Waals surface area contributed by atoms with Crippen molar-refractivity contribution in [3.8, 4) is 0 Å². The van der Waals surface area contributed by atoms with E-state index in [9.17, 15) is 4.79 Å². The molecule has 0 unspecified atom stereocenters. The van der Waals surface area contributed by atoms with Gasteiger partial charge >= 0.3 is 6.03 Å². The molecule has 0 aliphatic carbocycles. The van der Waals surface area contributed by atoms with Gasteiger partial charge in [-0.25, -0.2) is 4.79 Å². The molecule has 0 fully saturated rings. The van der Waals surface area contributed by atoms with E-state index >= 15 is 0 Å². The molecule has 2 N–H and O–H groups in total. The van der Waals surface area contributed by atoms with Crippen molar-refractivity contribution < 1.29 is 4.79 Å². The van der Waals surface area contributed by atoms with Gasteiger partial charge in [-0.1, -0.05) is 35.9 Å². The van der Waals surface area contributed by atoms with E-state index < -0.39 is 0 Å². The van der Waals surface area contributed by atoms with Gasteiger partial charge in [0.15, 0.2) is 0 Å². The Morgan fingerprint density at radius 3 is 2.52 bits per heavy atom. The van der Waals surface area contributed by atoms with Crippen molar-refractivity contribution in [2.24, 2.45) is 0 Å². The number of halogens is 1. The van der Waals surface area contributed by atoms with E-state index in [4.69, 9.17) is 0 Å². The maximum atomic E-state index is 12.1. The highest BCUT2D eigenvalue weighted by Crippen LogP contribution is 2.22. The lowest BCUT2D eigenvalue weighted by Gasteiger charge is -2.18. The Kier molecular flexibility index (Phi) is 5.02. The van der Waals surface area contributed by atoms with Crippen LogP contribution in [0.25, 0.3) is 0 Å². The molecule has 0 saturated heterocycles. The first-order chi connectivity index (χ1) is 9.97. The summed E-state index contributed by atoms with van der Waals surface area (Å²) in [4.78, 5) is 12.1. The molecule has 0 saturated carbocycles. The van der Waals surface area contributed by atoms with E-state index in [1.807, 2.05) is 31.2 Å². The molecule has 0 aromatic heterocycles. The molecule has 1 atom stereocenters.